The van der Waals surface area contributed by atoms with E-state index in [1.807, 2.05) is 27.7 Å². The predicted octanol–water partition coefficient (Wildman–Crippen LogP) is 18.0. The standard InChI is InChI=1S/C34H58O3.C34H56O3/c2*1-22(2)9-8-10-24(5)28-13-14-29-27-12-11-25-21-26(37-32(36)16-15-31(35)23(3)4)17-19-33(25,6)30(27)18-20-34(28,29)7/h22-30H,8-21H2,1-7H3;11,22-24,26-30H,8-10,12-21H2,1-7H3/t24-,25?,26-,27?,28-,29?,30?,33+,34-;24-,26-,27?,28-,29?,30?,33+,34-/m11/s1. The first-order valence-electron chi connectivity index (χ1n) is 32.0. The summed E-state index contributed by atoms with van der Waals surface area (Å²) in [7, 11) is 0. The van der Waals surface area contributed by atoms with E-state index in [0.717, 1.165) is 103 Å². The number of ketones is 2. The Hall–Kier alpha value is -1.98. The molecule has 7 unspecified atom stereocenters. The second-order valence-electron chi connectivity index (χ2n) is 30.0. The Morgan fingerprint density at radius 1 is 0.500 bits per heavy atom. The third kappa shape index (κ3) is 13.0. The monoisotopic (exact) mass is 1030 g/mol. The van der Waals surface area contributed by atoms with Crippen molar-refractivity contribution in [2.45, 2.75) is 283 Å². The lowest BCUT2D eigenvalue weighted by atomic mass is 9.44. The number of Topliss-reactive ketones (excluding diaryl/α,β-unsaturated/α-hetero) is 2. The third-order valence-electron chi connectivity index (χ3n) is 24.1. The number of esters is 2. The molecule has 6 nitrogen and oxygen atoms in total. The van der Waals surface area contributed by atoms with Gasteiger partial charge < -0.3 is 9.47 Å². The lowest BCUT2D eigenvalue weighted by Crippen LogP contribution is -2.54. The summed E-state index contributed by atoms with van der Waals surface area (Å²) < 4.78 is 11.8. The van der Waals surface area contributed by atoms with Crippen molar-refractivity contribution in [3.8, 4) is 0 Å². The zero-order valence-electron chi connectivity index (χ0n) is 50.4. The van der Waals surface area contributed by atoms with Gasteiger partial charge in [-0.1, -0.05) is 147 Å². The summed E-state index contributed by atoms with van der Waals surface area (Å²) in [4.78, 5) is 48.8. The van der Waals surface area contributed by atoms with Gasteiger partial charge in [0.1, 0.15) is 23.8 Å². The number of carbonyl (C=O) groups excluding carboxylic acids is 4. The average Bonchev–Trinajstić information content (AvgIpc) is 3.89. The van der Waals surface area contributed by atoms with Crippen LogP contribution >= 0.6 is 0 Å². The molecular weight excluding hydrogens is 913 g/mol. The van der Waals surface area contributed by atoms with Crippen LogP contribution in [0.5, 0.6) is 0 Å². The van der Waals surface area contributed by atoms with E-state index in [0.29, 0.717) is 35.0 Å². The van der Waals surface area contributed by atoms with Crippen LogP contribution in [-0.4, -0.2) is 35.7 Å². The minimum absolute atomic E-state index is 0.000966. The van der Waals surface area contributed by atoms with Crippen LogP contribution in [0.15, 0.2) is 11.6 Å². The summed E-state index contributed by atoms with van der Waals surface area (Å²) >= 11 is 0. The van der Waals surface area contributed by atoms with Crippen LogP contribution in [0.1, 0.15) is 270 Å². The lowest BCUT2D eigenvalue weighted by Gasteiger charge is -2.61. The minimum atomic E-state index is -0.190. The van der Waals surface area contributed by atoms with E-state index in [1.54, 1.807) is 5.57 Å². The van der Waals surface area contributed by atoms with Gasteiger partial charge in [0.25, 0.3) is 0 Å². The molecule has 0 radical (unpaired) electrons. The Balaban J connectivity index is 0.000000216. The maximum Gasteiger partial charge on any atom is 0.306 e. The minimum Gasteiger partial charge on any atom is -0.462 e. The van der Waals surface area contributed by atoms with Gasteiger partial charge in [-0.2, -0.15) is 0 Å². The molecule has 0 amide bonds. The summed E-state index contributed by atoms with van der Waals surface area (Å²) in [5.74, 6) is 11.1. The second kappa shape index (κ2) is 25.0. The van der Waals surface area contributed by atoms with E-state index in [2.05, 4.69) is 75.3 Å². The Bertz CT molecular complexity index is 1930. The normalized spacial score (nSPS) is 39.1. The van der Waals surface area contributed by atoms with Gasteiger partial charge in [0, 0.05) is 31.1 Å². The van der Waals surface area contributed by atoms with Crippen LogP contribution < -0.4 is 0 Å². The van der Waals surface area contributed by atoms with Crippen molar-refractivity contribution >= 4 is 23.5 Å². The smallest absolute Gasteiger partial charge is 0.306 e. The molecule has 0 aromatic heterocycles. The van der Waals surface area contributed by atoms with Crippen molar-refractivity contribution in [1.82, 2.24) is 0 Å². The Kier molecular flexibility index (Phi) is 20.2. The maximum atomic E-state index is 12.5. The molecule has 17 atom stereocenters. The van der Waals surface area contributed by atoms with Crippen LogP contribution in [0.3, 0.4) is 0 Å². The molecular formula is C68H114O6. The Morgan fingerprint density at radius 2 is 0.973 bits per heavy atom. The molecule has 0 N–H and O–H groups in total. The summed E-state index contributed by atoms with van der Waals surface area (Å²) in [6.45, 7) is 32.7. The van der Waals surface area contributed by atoms with Gasteiger partial charge >= 0.3 is 11.9 Å². The largest absolute Gasteiger partial charge is 0.462 e. The van der Waals surface area contributed by atoms with Gasteiger partial charge in [-0.05, 0) is 201 Å². The predicted molar refractivity (Wildman–Crippen MR) is 304 cm³/mol. The molecule has 8 aliphatic rings. The fourth-order valence-corrected chi connectivity index (χ4v) is 19.6. The molecule has 6 heteroatoms. The van der Waals surface area contributed by atoms with Crippen LogP contribution in [0.4, 0.5) is 0 Å². The third-order valence-corrected chi connectivity index (χ3v) is 24.1. The van der Waals surface area contributed by atoms with Crippen molar-refractivity contribution in [1.29, 1.82) is 0 Å². The molecule has 0 aromatic carbocycles. The molecule has 0 saturated heterocycles. The number of hydrogen-bond acceptors (Lipinski definition) is 6. The van der Waals surface area contributed by atoms with Crippen LogP contribution in [0.2, 0.25) is 0 Å². The van der Waals surface area contributed by atoms with E-state index < -0.39 is 0 Å². The van der Waals surface area contributed by atoms with E-state index in [4.69, 9.17) is 9.47 Å². The summed E-state index contributed by atoms with van der Waals surface area (Å²) in [6, 6.07) is 0. The van der Waals surface area contributed by atoms with Crippen molar-refractivity contribution in [2.75, 3.05) is 0 Å². The highest BCUT2D eigenvalue weighted by Crippen LogP contribution is 2.70. The first-order valence-corrected chi connectivity index (χ1v) is 32.0. The molecule has 0 aliphatic heterocycles. The highest BCUT2D eigenvalue weighted by molar-refractivity contribution is 5.84. The van der Waals surface area contributed by atoms with E-state index in [-0.39, 0.29) is 65.8 Å². The molecule has 74 heavy (non-hydrogen) atoms. The Labute approximate surface area is 454 Å². The first-order chi connectivity index (χ1) is 34.9. The summed E-state index contributed by atoms with van der Waals surface area (Å²) in [5, 5.41) is 0. The highest BCUT2D eigenvalue weighted by Gasteiger charge is 2.62. The summed E-state index contributed by atoms with van der Waals surface area (Å²) in [6.07, 6.45) is 33.8. The fourth-order valence-electron chi connectivity index (χ4n) is 19.6. The molecule has 422 valence electrons. The van der Waals surface area contributed by atoms with E-state index in [1.165, 1.54) is 116 Å². The quantitative estimate of drug-likeness (QED) is 0.0892. The molecule has 8 aliphatic carbocycles. The number of carbonyl (C=O) groups is 4. The molecule has 0 heterocycles. The zero-order valence-corrected chi connectivity index (χ0v) is 50.4. The molecule has 0 spiro atoms. The summed E-state index contributed by atoms with van der Waals surface area (Å²) in [5.41, 5.74) is 3.35. The van der Waals surface area contributed by atoms with Crippen molar-refractivity contribution < 1.29 is 28.7 Å². The maximum absolute atomic E-state index is 12.5. The number of hydrogen-bond donors (Lipinski definition) is 0. The fraction of sp³-hybridized carbons (Fsp3) is 0.912. The SMILES string of the molecule is CC(C)CCC[C@@H](C)[C@H]1CCC2C3CC=C4C[C@H](OC(=O)CCC(=O)C(C)C)CC[C@]4(C)C3CC[C@@]21C.CC(C)CCC[C@@H](C)[C@H]1CCC2C3CCC4C[C@H](OC(=O)CCC(=O)C(C)C)CC[C@]4(C)C3CC[C@@]21C. The number of allylic oxidation sites excluding steroid dienone is 1. The van der Waals surface area contributed by atoms with Crippen LogP contribution in [-0.2, 0) is 28.7 Å². The lowest BCUT2D eigenvalue weighted by molar-refractivity contribution is -0.163. The molecule has 0 bridgehead atoms. The molecule has 7 fully saturated rings. The van der Waals surface area contributed by atoms with E-state index >= 15 is 0 Å². The number of rotatable bonds is 20. The molecule has 0 aromatic rings. The van der Waals surface area contributed by atoms with Crippen LogP contribution in [0.25, 0.3) is 0 Å². The zero-order chi connectivity index (χ0) is 53.9. The molecule has 8 rings (SSSR count). The first kappa shape index (κ1) is 59.7. The highest BCUT2D eigenvalue weighted by atomic mass is 16.5. The number of ether oxygens (including phenoxy) is 2. The number of fused-ring (bicyclic) bond motifs is 10. The van der Waals surface area contributed by atoms with Gasteiger partial charge in [0.15, 0.2) is 0 Å². The van der Waals surface area contributed by atoms with Crippen molar-refractivity contribution in [2.24, 2.45) is 110 Å². The average molecular weight is 1030 g/mol. The van der Waals surface area contributed by atoms with Crippen molar-refractivity contribution in [3.63, 3.8) is 0 Å². The van der Waals surface area contributed by atoms with Gasteiger partial charge in [-0.15, -0.1) is 0 Å². The van der Waals surface area contributed by atoms with Crippen LogP contribution in [0, 0.1) is 110 Å². The Morgan fingerprint density at radius 3 is 1.50 bits per heavy atom. The van der Waals surface area contributed by atoms with E-state index in [9.17, 15) is 19.2 Å². The van der Waals surface area contributed by atoms with Gasteiger partial charge in [0.05, 0.1) is 12.8 Å². The van der Waals surface area contributed by atoms with Crippen molar-refractivity contribution in [3.05, 3.63) is 11.6 Å². The van der Waals surface area contributed by atoms with Gasteiger partial charge in [0.2, 0.25) is 0 Å². The molecule has 7 saturated carbocycles. The topological polar surface area (TPSA) is 86.7 Å². The van der Waals surface area contributed by atoms with Gasteiger partial charge in [-0.25, -0.2) is 0 Å². The van der Waals surface area contributed by atoms with Gasteiger partial charge in [-0.3, -0.25) is 19.2 Å². The second-order valence-corrected chi connectivity index (χ2v) is 30.0.